The monoisotopic (exact) mass is 320 g/mol. The van der Waals surface area contributed by atoms with Gasteiger partial charge in [-0.25, -0.2) is 9.38 Å². The summed E-state index contributed by atoms with van der Waals surface area (Å²) < 4.78 is 12.9. The number of hydrogen-bond acceptors (Lipinski definition) is 2. The Morgan fingerprint density at radius 1 is 1.26 bits per heavy atom. The van der Waals surface area contributed by atoms with Crippen molar-refractivity contribution in [1.82, 2.24) is 15.5 Å². The molecule has 1 aromatic rings. The van der Waals surface area contributed by atoms with Crippen LogP contribution in [-0.4, -0.2) is 43.1 Å². The molecule has 23 heavy (non-hydrogen) atoms. The van der Waals surface area contributed by atoms with Crippen LogP contribution in [-0.2, 0) is 6.54 Å². The second kappa shape index (κ2) is 9.50. The Labute approximate surface area is 139 Å². The van der Waals surface area contributed by atoms with Gasteiger partial charge in [0, 0.05) is 25.7 Å². The van der Waals surface area contributed by atoms with E-state index in [9.17, 15) is 4.39 Å². The van der Waals surface area contributed by atoms with E-state index in [4.69, 9.17) is 0 Å². The van der Waals surface area contributed by atoms with Crippen molar-refractivity contribution in [3.05, 3.63) is 35.6 Å². The fourth-order valence-electron chi connectivity index (χ4n) is 2.91. The van der Waals surface area contributed by atoms with Gasteiger partial charge in [0.2, 0.25) is 0 Å². The summed E-state index contributed by atoms with van der Waals surface area (Å²) in [6.07, 6.45) is 3.97. The lowest BCUT2D eigenvalue weighted by Gasteiger charge is -2.33. The standard InChI is InChI=1S/C18H29FN4/c1-3-20-18(22-14-16-7-9-17(19)10-8-16)21-11-13-23-12-5-4-6-15(23)2/h7-10,15H,3-6,11-14H2,1-2H3,(H2,20,21,22). The van der Waals surface area contributed by atoms with Gasteiger partial charge in [0.15, 0.2) is 5.96 Å². The molecule has 1 aliphatic heterocycles. The Hall–Kier alpha value is -1.62. The highest BCUT2D eigenvalue weighted by atomic mass is 19.1. The first-order valence-electron chi connectivity index (χ1n) is 8.69. The lowest BCUT2D eigenvalue weighted by Crippen LogP contribution is -2.45. The van der Waals surface area contributed by atoms with Gasteiger partial charge in [-0.3, -0.25) is 4.90 Å². The second-order valence-electron chi connectivity index (χ2n) is 6.13. The minimum absolute atomic E-state index is 0.210. The molecule has 1 atom stereocenters. The van der Waals surface area contributed by atoms with Gasteiger partial charge in [-0.2, -0.15) is 0 Å². The number of aliphatic imine (C=N–C) groups is 1. The van der Waals surface area contributed by atoms with E-state index in [-0.39, 0.29) is 5.82 Å². The average Bonchev–Trinajstić information content (AvgIpc) is 2.56. The van der Waals surface area contributed by atoms with Crippen LogP contribution in [0.25, 0.3) is 0 Å². The highest BCUT2D eigenvalue weighted by Gasteiger charge is 2.17. The molecule has 0 aromatic heterocycles. The van der Waals surface area contributed by atoms with Crippen molar-refractivity contribution in [2.75, 3.05) is 26.2 Å². The number of halogens is 1. The first-order chi connectivity index (χ1) is 11.2. The molecule has 1 aromatic carbocycles. The summed E-state index contributed by atoms with van der Waals surface area (Å²) >= 11 is 0. The normalized spacial score (nSPS) is 19.6. The van der Waals surface area contributed by atoms with Crippen LogP contribution in [0.2, 0.25) is 0 Å². The molecule has 2 N–H and O–H groups in total. The van der Waals surface area contributed by atoms with Crippen LogP contribution in [0.5, 0.6) is 0 Å². The highest BCUT2D eigenvalue weighted by Crippen LogP contribution is 2.15. The molecule has 0 bridgehead atoms. The molecule has 4 nitrogen and oxygen atoms in total. The molecule has 1 fully saturated rings. The molecule has 0 amide bonds. The molecule has 2 rings (SSSR count). The topological polar surface area (TPSA) is 39.7 Å². The Balaban J connectivity index is 1.80. The number of nitrogens with zero attached hydrogens (tertiary/aromatic N) is 2. The van der Waals surface area contributed by atoms with E-state index >= 15 is 0 Å². The molecule has 1 aliphatic rings. The van der Waals surface area contributed by atoms with E-state index in [1.807, 2.05) is 0 Å². The van der Waals surface area contributed by atoms with E-state index < -0.39 is 0 Å². The van der Waals surface area contributed by atoms with Gasteiger partial charge in [-0.05, 0) is 50.9 Å². The Morgan fingerprint density at radius 3 is 2.74 bits per heavy atom. The summed E-state index contributed by atoms with van der Waals surface area (Å²) in [5.41, 5.74) is 1.01. The number of benzene rings is 1. The number of piperidine rings is 1. The SMILES string of the molecule is CCNC(=NCc1ccc(F)cc1)NCCN1CCCCC1C. The number of likely N-dealkylation sites (tertiary alicyclic amines) is 1. The number of hydrogen-bond donors (Lipinski definition) is 2. The summed E-state index contributed by atoms with van der Waals surface area (Å²) in [6, 6.07) is 7.19. The molecule has 1 saturated heterocycles. The second-order valence-corrected chi connectivity index (χ2v) is 6.13. The van der Waals surface area contributed by atoms with E-state index in [0.29, 0.717) is 12.6 Å². The van der Waals surface area contributed by atoms with Gasteiger partial charge >= 0.3 is 0 Å². The molecule has 5 heteroatoms. The summed E-state index contributed by atoms with van der Waals surface area (Å²) in [6.45, 7) is 8.88. The van der Waals surface area contributed by atoms with Crippen molar-refractivity contribution >= 4 is 5.96 Å². The lowest BCUT2D eigenvalue weighted by molar-refractivity contribution is 0.163. The van der Waals surface area contributed by atoms with Crippen molar-refractivity contribution < 1.29 is 4.39 Å². The zero-order valence-electron chi connectivity index (χ0n) is 14.3. The van der Waals surface area contributed by atoms with Crippen molar-refractivity contribution in [3.63, 3.8) is 0 Å². The van der Waals surface area contributed by atoms with Crippen LogP contribution in [0, 0.1) is 5.82 Å². The first-order valence-corrected chi connectivity index (χ1v) is 8.69. The molecular formula is C18H29FN4. The smallest absolute Gasteiger partial charge is 0.191 e. The minimum Gasteiger partial charge on any atom is -0.357 e. The summed E-state index contributed by atoms with van der Waals surface area (Å²) in [5, 5.41) is 6.65. The molecule has 0 radical (unpaired) electrons. The van der Waals surface area contributed by atoms with Gasteiger partial charge in [0.25, 0.3) is 0 Å². The van der Waals surface area contributed by atoms with E-state index in [1.165, 1.54) is 37.9 Å². The largest absolute Gasteiger partial charge is 0.357 e. The number of rotatable bonds is 6. The van der Waals surface area contributed by atoms with Crippen LogP contribution in [0.3, 0.4) is 0 Å². The molecule has 0 aliphatic carbocycles. The van der Waals surface area contributed by atoms with Gasteiger partial charge in [0.1, 0.15) is 5.82 Å². The highest BCUT2D eigenvalue weighted by molar-refractivity contribution is 5.79. The van der Waals surface area contributed by atoms with Crippen LogP contribution in [0.1, 0.15) is 38.7 Å². The van der Waals surface area contributed by atoms with Crippen LogP contribution in [0.4, 0.5) is 4.39 Å². The van der Waals surface area contributed by atoms with E-state index in [1.54, 1.807) is 12.1 Å². The number of guanidine groups is 1. The van der Waals surface area contributed by atoms with Crippen LogP contribution < -0.4 is 10.6 Å². The van der Waals surface area contributed by atoms with Crippen molar-refractivity contribution in [1.29, 1.82) is 0 Å². The third-order valence-electron chi connectivity index (χ3n) is 4.31. The fourth-order valence-corrected chi connectivity index (χ4v) is 2.91. The number of nitrogens with one attached hydrogen (secondary N) is 2. The average molecular weight is 320 g/mol. The zero-order valence-corrected chi connectivity index (χ0v) is 14.3. The van der Waals surface area contributed by atoms with Crippen LogP contribution in [0.15, 0.2) is 29.3 Å². The van der Waals surface area contributed by atoms with E-state index in [0.717, 1.165) is 31.2 Å². The quantitative estimate of drug-likeness (QED) is 0.625. The van der Waals surface area contributed by atoms with Gasteiger partial charge in [-0.15, -0.1) is 0 Å². The molecule has 0 spiro atoms. The third-order valence-corrected chi connectivity index (χ3v) is 4.31. The summed E-state index contributed by atoms with van der Waals surface area (Å²) in [7, 11) is 0. The maximum Gasteiger partial charge on any atom is 0.191 e. The molecular weight excluding hydrogens is 291 g/mol. The first kappa shape index (κ1) is 17.7. The summed E-state index contributed by atoms with van der Waals surface area (Å²) in [4.78, 5) is 7.11. The predicted molar refractivity (Wildman–Crippen MR) is 94.1 cm³/mol. The molecule has 0 saturated carbocycles. The predicted octanol–water partition coefficient (Wildman–Crippen LogP) is 2.76. The fraction of sp³-hybridized carbons (Fsp3) is 0.611. The molecule has 128 valence electrons. The zero-order chi connectivity index (χ0) is 16.5. The maximum absolute atomic E-state index is 12.9. The maximum atomic E-state index is 12.9. The molecule has 1 heterocycles. The van der Waals surface area contributed by atoms with Crippen molar-refractivity contribution in [2.45, 2.75) is 45.7 Å². The Bertz CT molecular complexity index is 486. The Kier molecular flexibility index (Phi) is 7.33. The third kappa shape index (κ3) is 6.18. The van der Waals surface area contributed by atoms with Crippen LogP contribution >= 0.6 is 0 Å². The summed E-state index contributed by atoms with van der Waals surface area (Å²) in [5.74, 6) is 0.611. The van der Waals surface area contributed by atoms with Gasteiger partial charge < -0.3 is 10.6 Å². The lowest BCUT2D eigenvalue weighted by atomic mass is 10.0. The van der Waals surface area contributed by atoms with Gasteiger partial charge in [0.05, 0.1) is 6.54 Å². The van der Waals surface area contributed by atoms with E-state index in [2.05, 4.69) is 34.4 Å². The Morgan fingerprint density at radius 2 is 2.04 bits per heavy atom. The molecule has 1 unspecified atom stereocenters. The minimum atomic E-state index is -0.210. The van der Waals surface area contributed by atoms with Crippen molar-refractivity contribution in [2.24, 2.45) is 4.99 Å². The van der Waals surface area contributed by atoms with Crippen molar-refractivity contribution in [3.8, 4) is 0 Å². The van der Waals surface area contributed by atoms with Gasteiger partial charge in [-0.1, -0.05) is 18.6 Å².